The van der Waals surface area contributed by atoms with Gasteiger partial charge in [-0.25, -0.2) is 11.4 Å². The monoisotopic (exact) mass is 713 g/mol. The highest BCUT2D eigenvalue weighted by molar-refractivity contribution is 5.97. The Kier molecular flexibility index (Phi) is 10.4. The van der Waals surface area contributed by atoms with Crippen molar-refractivity contribution in [3.63, 3.8) is 0 Å². The van der Waals surface area contributed by atoms with Gasteiger partial charge in [-0.1, -0.05) is 54.6 Å². The highest BCUT2D eigenvalue weighted by atomic mass is 19.4. The average Bonchev–Trinajstić information content (AvgIpc) is 3.44. The number of alkyl halides is 3. The molecule has 3 aliphatic heterocycles. The molecular weight excluding hydrogens is 671 g/mol. The molecule has 7 rings (SSSR count). The predicted molar refractivity (Wildman–Crippen MR) is 192 cm³/mol. The molecule has 4 aromatic rings. The second-order valence-corrected chi connectivity index (χ2v) is 13.7. The van der Waals surface area contributed by atoms with Crippen LogP contribution in [0.1, 0.15) is 41.6 Å². The number of aromatic nitrogens is 2. The van der Waals surface area contributed by atoms with E-state index in [4.69, 9.17) is 26.0 Å². The second-order valence-electron chi connectivity index (χ2n) is 13.7. The lowest BCUT2D eigenvalue weighted by atomic mass is 10.0. The third-order valence-electron chi connectivity index (χ3n) is 10.4. The van der Waals surface area contributed by atoms with Gasteiger partial charge < -0.3 is 29.0 Å². The Bertz CT molecular complexity index is 1930. The number of likely N-dealkylation sites (tertiary alicyclic amines) is 1. The van der Waals surface area contributed by atoms with Crippen LogP contribution in [0.5, 0.6) is 6.01 Å². The summed E-state index contributed by atoms with van der Waals surface area (Å²) >= 11 is 0. The molecule has 0 spiro atoms. The number of carbonyl (C=O) groups excluding carboxylic acids is 1. The first kappa shape index (κ1) is 35.3. The molecule has 0 aliphatic carbocycles. The molecule has 2 saturated heterocycles. The molecule has 10 nitrogen and oxygen atoms in total. The number of piperazine rings is 1. The normalized spacial score (nSPS) is 19.6. The molecule has 2 atom stereocenters. The minimum Gasteiger partial charge on any atom is -0.462 e. The van der Waals surface area contributed by atoms with E-state index in [1.165, 1.54) is 6.07 Å². The zero-order valence-corrected chi connectivity index (χ0v) is 29.2. The zero-order chi connectivity index (χ0) is 36.2. The van der Waals surface area contributed by atoms with Crippen LogP contribution in [-0.4, -0.2) is 90.9 Å². The minimum atomic E-state index is -4.51. The van der Waals surface area contributed by atoms with E-state index in [0.717, 1.165) is 36.6 Å². The molecule has 0 N–H and O–H groups in total. The summed E-state index contributed by atoms with van der Waals surface area (Å²) < 4.78 is 54.9. The van der Waals surface area contributed by atoms with E-state index < -0.39 is 23.9 Å². The highest BCUT2D eigenvalue weighted by Crippen LogP contribution is 2.41. The first-order valence-corrected chi connectivity index (χ1v) is 17.8. The van der Waals surface area contributed by atoms with Crippen LogP contribution < -0.4 is 14.5 Å². The number of fused-ring (bicyclic) bond motifs is 2. The number of rotatable bonds is 8. The number of halogens is 3. The summed E-state index contributed by atoms with van der Waals surface area (Å²) in [5.74, 6) is 0.683. The second kappa shape index (κ2) is 15.3. The van der Waals surface area contributed by atoms with Gasteiger partial charge >= 0.3 is 18.3 Å². The van der Waals surface area contributed by atoms with Crippen molar-refractivity contribution in [2.24, 2.45) is 0 Å². The number of ether oxygens (including phenoxy) is 2. The number of nitrogens with zero attached hydrogens (tertiary/aromatic N) is 7. The summed E-state index contributed by atoms with van der Waals surface area (Å²) in [6, 6.07) is 19.0. The van der Waals surface area contributed by atoms with Gasteiger partial charge in [-0.15, -0.1) is 0 Å². The summed E-state index contributed by atoms with van der Waals surface area (Å²) in [7, 11) is 2.07. The van der Waals surface area contributed by atoms with Gasteiger partial charge in [-0.3, -0.25) is 4.90 Å². The van der Waals surface area contributed by atoms with E-state index in [-0.39, 0.29) is 37.1 Å². The third-order valence-corrected chi connectivity index (χ3v) is 10.4. The molecule has 13 heteroatoms. The van der Waals surface area contributed by atoms with Gasteiger partial charge in [0.15, 0.2) is 0 Å². The van der Waals surface area contributed by atoms with Gasteiger partial charge in [-0.2, -0.15) is 23.1 Å². The highest BCUT2D eigenvalue weighted by Gasteiger charge is 2.37. The molecule has 272 valence electrons. The molecule has 0 saturated carbocycles. The fourth-order valence-electron chi connectivity index (χ4n) is 7.65. The van der Waals surface area contributed by atoms with Crippen LogP contribution in [0.3, 0.4) is 0 Å². The maximum atomic E-state index is 14.3. The third kappa shape index (κ3) is 7.58. The van der Waals surface area contributed by atoms with E-state index in [9.17, 15) is 18.0 Å². The van der Waals surface area contributed by atoms with Gasteiger partial charge in [-0.05, 0) is 62.4 Å². The van der Waals surface area contributed by atoms with Crippen LogP contribution in [0.4, 0.5) is 29.5 Å². The Morgan fingerprint density at radius 1 is 0.942 bits per heavy atom. The van der Waals surface area contributed by atoms with Crippen molar-refractivity contribution >= 4 is 28.4 Å². The van der Waals surface area contributed by atoms with Crippen molar-refractivity contribution in [1.82, 2.24) is 19.8 Å². The molecule has 0 radical (unpaired) electrons. The van der Waals surface area contributed by atoms with E-state index in [1.54, 1.807) is 29.2 Å². The Hall–Kier alpha value is -5.09. The molecule has 52 heavy (non-hydrogen) atoms. The predicted octanol–water partition coefficient (Wildman–Crippen LogP) is 6.82. The number of carbonyl (C=O) groups is 1. The van der Waals surface area contributed by atoms with Crippen LogP contribution in [0.25, 0.3) is 15.6 Å². The summed E-state index contributed by atoms with van der Waals surface area (Å²) in [6.07, 6.45) is -1.62. The van der Waals surface area contributed by atoms with Crippen molar-refractivity contribution in [3.8, 4) is 6.01 Å². The van der Waals surface area contributed by atoms with Crippen molar-refractivity contribution in [1.29, 1.82) is 0 Å². The maximum absolute atomic E-state index is 14.3. The van der Waals surface area contributed by atoms with Crippen LogP contribution in [0, 0.1) is 6.57 Å². The Balaban J connectivity index is 1.20. The maximum Gasteiger partial charge on any atom is 0.417 e. The first-order chi connectivity index (χ1) is 25.2. The summed E-state index contributed by atoms with van der Waals surface area (Å²) in [6.45, 7) is 11.2. The number of likely N-dealkylation sites (N-methyl/N-ethyl adjacent to an activating group) is 1. The van der Waals surface area contributed by atoms with Gasteiger partial charge in [0, 0.05) is 48.9 Å². The number of benzene rings is 3. The van der Waals surface area contributed by atoms with Gasteiger partial charge in [0.25, 0.3) is 0 Å². The molecule has 2 fully saturated rings. The Labute approximate surface area is 301 Å². The quantitative estimate of drug-likeness (QED) is 0.184. The number of hydrogen-bond acceptors (Lipinski definition) is 8. The number of amides is 1. The fraction of sp³-hybridized carbons (Fsp3) is 0.436. The molecular formula is C39H42F3N7O3. The molecule has 3 aromatic carbocycles. The Morgan fingerprint density at radius 2 is 1.75 bits per heavy atom. The fourth-order valence-corrected chi connectivity index (χ4v) is 7.65. The standard InChI is InChI=1S/C39H42F3N7O3/c1-43-22-30-23-48(20-21-49(30)38(50)52-25-27-10-4-3-5-11-27)36-31-15-9-19-47(24-33(31)44-37(45-36)51-26-29-14-8-18-46(29)2)34-17-7-13-28-12-6-16-32(35(28)34)39(40,41)42/h3-7,10-13,16-17,29-30H,8-9,14-15,18-26H2,2H3/t29-,30-/m0/s1. The summed E-state index contributed by atoms with van der Waals surface area (Å²) in [5, 5.41) is 0.698. The van der Waals surface area contributed by atoms with Crippen molar-refractivity contribution < 1.29 is 27.4 Å². The molecule has 0 unspecified atom stereocenters. The van der Waals surface area contributed by atoms with Crippen LogP contribution in [-0.2, 0) is 30.5 Å². The van der Waals surface area contributed by atoms with Gasteiger partial charge in [0.2, 0.25) is 6.54 Å². The van der Waals surface area contributed by atoms with Crippen LogP contribution in [0.2, 0.25) is 0 Å². The number of hydrogen-bond donors (Lipinski definition) is 0. The topological polar surface area (TPSA) is 78.6 Å². The molecule has 1 aromatic heterocycles. The largest absolute Gasteiger partial charge is 0.462 e. The van der Waals surface area contributed by atoms with E-state index in [0.29, 0.717) is 68.2 Å². The lowest BCUT2D eigenvalue weighted by Crippen LogP contribution is -2.56. The minimum absolute atomic E-state index is 0.0952. The van der Waals surface area contributed by atoms with E-state index in [1.807, 2.05) is 35.2 Å². The summed E-state index contributed by atoms with van der Waals surface area (Å²) in [4.78, 5) is 34.8. The van der Waals surface area contributed by atoms with Gasteiger partial charge in [0.1, 0.15) is 25.1 Å². The van der Waals surface area contributed by atoms with Crippen molar-refractivity contribution in [2.45, 2.75) is 57.1 Å². The lowest BCUT2D eigenvalue weighted by Gasteiger charge is -2.39. The van der Waals surface area contributed by atoms with E-state index in [2.05, 4.69) is 21.7 Å². The van der Waals surface area contributed by atoms with Crippen LogP contribution >= 0.6 is 0 Å². The summed E-state index contributed by atoms with van der Waals surface area (Å²) in [5.41, 5.74) is 2.33. The molecule has 4 heterocycles. The smallest absolute Gasteiger partial charge is 0.417 e. The molecule has 0 bridgehead atoms. The zero-order valence-electron chi connectivity index (χ0n) is 29.2. The van der Waals surface area contributed by atoms with E-state index >= 15 is 0 Å². The molecule has 1 amide bonds. The van der Waals surface area contributed by atoms with Crippen molar-refractivity contribution in [2.75, 3.05) is 62.7 Å². The molecule has 3 aliphatic rings. The lowest BCUT2D eigenvalue weighted by molar-refractivity contribution is -0.136. The van der Waals surface area contributed by atoms with Gasteiger partial charge in [0.05, 0.1) is 17.8 Å². The van der Waals surface area contributed by atoms with Crippen LogP contribution in [0.15, 0.2) is 66.7 Å². The number of anilines is 2. The average molecular weight is 714 g/mol. The Morgan fingerprint density at radius 3 is 2.50 bits per heavy atom. The van der Waals surface area contributed by atoms with Crippen molar-refractivity contribution in [3.05, 3.63) is 101 Å². The first-order valence-electron chi connectivity index (χ1n) is 17.8. The SMILES string of the molecule is [C-]#[N+]C[C@H]1CN(c2nc(OC[C@@H]3CCCN3C)nc3c2CCCN(c2cccc4cccc(C(F)(F)F)c24)C3)CCN1C(=O)OCc1ccccc1.